The Hall–Kier alpha value is -2.38. The molecule has 26 heavy (non-hydrogen) atoms. The van der Waals surface area contributed by atoms with Crippen molar-refractivity contribution in [3.05, 3.63) is 58.7 Å². The maximum atomic E-state index is 12.7. The molecule has 0 saturated carbocycles. The fourth-order valence-electron chi connectivity index (χ4n) is 2.73. The van der Waals surface area contributed by atoms with Crippen molar-refractivity contribution in [2.75, 3.05) is 14.2 Å². The monoisotopic (exact) mass is 376 g/mol. The molecule has 0 unspecified atom stereocenters. The van der Waals surface area contributed by atoms with Crippen molar-refractivity contribution in [1.29, 1.82) is 0 Å². The number of nitrogens with one attached hydrogen (secondary N) is 2. The van der Waals surface area contributed by atoms with Crippen LogP contribution in [0, 0.1) is 13.8 Å². The summed E-state index contributed by atoms with van der Waals surface area (Å²) < 4.78 is 32.1. The quantitative estimate of drug-likeness (QED) is 0.812. The first-order valence-electron chi connectivity index (χ1n) is 8.19. The highest BCUT2D eigenvalue weighted by Crippen LogP contribution is 2.25. The highest BCUT2D eigenvalue weighted by atomic mass is 32.2. The molecule has 0 radical (unpaired) electrons. The lowest BCUT2D eigenvalue weighted by atomic mass is 10.0. The Labute approximate surface area is 154 Å². The topological polar surface area (TPSA) is 84.5 Å². The first kappa shape index (κ1) is 19.9. The minimum Gasteiger partial charge on any atom is -0.496 e. The molecule has 0 aromatic heterocycles. The smallest absolute Gasteiger partial charge is 0.251 e. The van der Waals surface area contributed by atoms with Gasteiger partial charge in [-0.25, -0.2) is 13.1 Å². The van der Waals surface area contributed by atoms with Crippen LogP contribution in [0.15, 0.2) is 41.3 Å². The average Bonchev–Trinajstić information content (AvgIpc) is 2.63. The second kappa shape index (κ2) is 7.88. The Morgan fingerprint density at radius 2 is 1.81 bits per heavy atom. The number of benzene rings is 2. The third kappa shape index (κ3) is 4.05. The van der Waals surface area contributed by atoms with Gasteiger partial charge in [0.1, 0.15) is 5.75 Å². The predicted octanol–water partition coefficient (Wildman–Crippen LogP) is 2.71. The van der Waals surface area contributed by atoms with Crippen molar-refractivity contribution in [2.24, 2.45) is 0 Å². The van der Waals surface area contributed by atoms with Crippen molar-refractivity contribution in [1.82, 2.24) is 10.0 Å². The van der Waals surface area contributed by atoms with Gasteiger partial charge < -0.3 is 10.1 Å². The van der Waals surface area contributed by atoms with Crippen LogP contribution in [-0.2, 0) is 10.0 Å². The van der Waals surface area contributed by atoms with Crippen molar-refractivity contribution in [3.8, 4) is 5.75 Å². The van der Waals surface area contributed by atoms with Crippen LogP contribution in [0.4, 0.5) is 0 Å². The number of hydrogen-bond acceptors (Lipinski definition) is 4. The maximum absolute atomic E-state index is 12.7. The molecule has 0 fully saturated rings. The zero-order chi connectivity index (χ0) is 19.5. The van der Waals surface area contributed by atoms with Crippen molar-refractivity contribution in [2.45, 2.75) is 31.7 Å². The number of sulfonamides is 1. The van der Waals surface area contributed by atoms with Gasteiger partial charge in [0, 0.05) is 11.1 Å². The molecule has 0 heterocycles. The summed E-state index contributed by atoms with van der Waals surface area (Å²) in [5, 5.41) is 2.90. The van der Waals surface area contributed by atoms with E-state index in [0.717, 1.165) is 11.1 Å². The van der Waals surface area contributed by atoms with E-state index in [1.54, 1.807) is 27.0 Å². The number of methoxy groups -OCH3 is 1. The van der Waals surface area contributed by atoms with Gasteiger partial charge in [-0.3, -0.25) is 4.79 Å². The Morgan fingerprint density at radius 1 is 1.15 bits per heavy atom. The molecule has 2 N–H and O–H groups in total. The van der Waals surface area contributed by atoms with Gasteiger partial charge in [0.15, 0.2) is 0 Å². The zero-order valence-corrected chi connectivity index (χ0v) is 16.4. The summed E-state index contributed by atoms with van der Waals surface area (Å²) in [6.07, 6.45) is 0. The number of aryl methyl sites for hydroxylation is 1. The third-order valence-corrected chi connectivity index (χ3v) is 5.93. The lowest BCUT2D eigenvalue weighted by Gasteiger charge is -2.18. The molecular formula is C19H24N2O4S. The second-order valence-corrected chi connectivity index (χ2v) is 7.92. The Morgan fingerprint density at radius 3 is 2.42 bits per heavy atom. The van der Waals surface area contributed by atoms with Crippen LogP contribution in [-0.4, -0.2) is 28.5 Å². The number of rotatable bonds is 6. The van der Waals surface area contributed by atoms with Crippen molar-refractivity contribution in [3.63, 3.8) is 0 Å². The van der Waals surface area contributed by atoms with Crippen LogP contribution in [0.1, 0.15) is 40.0 Å². The molecule has 0 spiro atoms. The lowest BCUT2D eigenvalue weighted by Crippen LogP contribution is -2.28. The number of amides is 1. The summed E-state index contributed by atoms with van der Waals surface area (Å²) in [6, 6.07) is 10.2. The number of carbonyl (C=O) groups excluding carboxylic acids is 1. The molecule has 0 aliphatic rings. The molecule has 0 aliphatic heterocycles. The van der Waals surface area contributed by atoms with E-state index >= 15 is 0 Å². The van der Waals surface area contributed by atoms with E-state index in [2.05, 4.69) is 10.0 Å². The molecule has 2 aromatic rings. The van der Waals surface area contributed by atoms with Crippen LogP contribution >= 0.6 is 0 Å². The fraction of sp³-hybridized carbons (Fsp3) is 0.316. The normalized spacial score (nSPS) is 12.5. The fourth-order valence-corrected chi connectivity index (χ4v) is 3.80. The second-order valence-electron chi connectivity index (χ2n) is 6.06. The molecule has 7 heteroatoms. The largest absolute Gasteiger partial charge is 0.496 e. The van der Waals surface area contributed by atoms with E-state index in [0.29, 0.717) is 16.9 Å². The summed E-state index contributed by atoms with van der Waals surface area (Å²) in [5.41, 5.74) is 2.49. The van der Waals surface area contributed by atoms with Gasteiger partial charge >= 0.3 is 0 Å². The molecule has 1 atom stereocenters. The summed E-state index contributed by atoms with van der Waals surface area (Å²) in [5.74, 6) is 0.331. The summed E-state index contributed by atoms with van der Waals surface area (Å²) in [4.78, 5) is 12.8. The van der Waals surface area contributed by atoms with Crippen molar-refractivity contribution >= 4 is 15.9 Å². The van der Waals surface area contributed by atoms with E-state index in [-0.39, 0.29) is 16.8 Å². The standard InChI is InChI=1S/C19H24N2O4S/c1-12-10-15(11-18(13(12)2)26(23,24)20-4)19(22)21-14(3)16-8-6-7-9-17(16)25-5/h6-11,14,20H,1-5H3,(H,21,22)/t14-/m0/s1. The molecule has 140 valence electrons. The van der Waals surface area contributed by atoms with E-state index in [1.807, 2.05) is 31.2 Å². The summed E-state index contributed by atoms with van der Waals surface area (Å²) in [7, 11) is -0.726. The van der Waals surface area contributed by atoms with Gasteiger partial charge in [-0.1, -0.05) is 18.2 Å². The van der Waals surface area contributed by atoms with Crippen molar-refractivity contribution < 1.29 is 17.9 Å². The molecule has 0 saturated heterocycles. The predicted molar refractivity (Wildman–Crippen MR) is 101 cm³/mol. The Kier molecular flexibility index (Phi) is 6.05. The molecule has 1 amide bonds. The number of carbonyl (C=O) groups is 1. The van der Waals surface area contributed by atoms with Crippen LogP contribution in [0.3, 0.4) is 0 Å². The van der Waals surface area contributed by atoms with Crippen LogP contribution < -0.4 is 14.8 Å². The van der Waals surface area contributed by atoms with E-state index < -0.39 is 10.0 Å². The first-order valence-corrected chi connectivity index (χ1v) is 9.68. The van der Waals surface area contributed by atoms with E-state index in [1.165, 1.54) is 13.1 Å². The highest BCUT2D eigenvalue weighted by Gasteiger charge is 2.21. The molecule has 2 rings (SSSR count). The Balaban J connectivity index is 2.36. The van der Waals surface area contributed by atoms with Crippen LogP contribution in [0.25, 0.3) is 0 Å². The number of ether oxygens (including phenoxy) is 1. The first-order chi connectivity index (χ1) is 12.2. The summed E-state index contributed by atoms with van der Waals surface area (Å²) >= 11 is 0. The Bertz CT molecular complexity index is 923. The van der Waals surface area contributed by atoms with Crippen LogP contribution in [0.5, 0.6) is 5.75 Å². The maximum Gasteiger partial charge on any atom is 0.251 e. The minimum atomic E-state index is -3.65. The zero-order valence-electron chi connectivity index (χ0n) is 15.6. The van der Waals surface area contributed by atoms with Gasteiger partial charge in [0.05, 0.1) is 18.0 Å². The molecule has 0 aliphatic carbocycles. The summed E-state index contributed by atoms with van der Waals surface area (Å²) in [6.45, 7) is 5.35. The van der Waals surface area contributed by atoms with Crippen LogP contribution in [0.2, 0.25) is 0 Å². The van der Waals surface area contributed by atoms with Gasteiger partial charge in [-0.2, -0.15) is 0 Å². The molecule has 0 bridgehead atoms. The highest BCUT2D eigenvalue weighted by molar-refractivity contribution is 7.89. The van der Waals surface area contributed by atoms with Gasteiger partial charge in [0.25, 0.3) is 5.91 Å². The average molecular weight is 376 g/mol. The minimum absolute atomic E-state index is 0.107. The molecular weight excluding hydrogens is 352 g/mol. The number of para-hydroxylation sites is 1. The number of hydrogen-bond donors (Lipinski definition) is 2. The SMILES string of the molecule is CNS(=O)(=O)c1cc(C(=O)N[C@@H](C)c2ccccc2OC)cc(C)c1C. The van der Waals surface area contributed by atoms with E-state index in [4.69, 9.17) is 4.74 Å². The van der Waals surface area contributed by atoms with Gasteiger partial charge in [-0.05, 0) is 57.1 Å². The van der Waals surface area contributed by atoms with Gasteiger partial charge in [0.2, 0.25) is 10.0 Å². The third-order valence-electron chi connectivity index (χ3n) is 4.39. The lowest BCUT2D eigenvalue weighted by molar-refractivity contribution is 0.0939. The van der Waals surface area contributed by atoms with E-state index in [9.17, 15) is 13.2 Å². The van der Waals surface area contributed by atoms with Gasteiger partial charge in [-0.15, -0.1) is 0 Å². The molecule has 2 aromatic carbocycles. The molecule has 6 nitrogen and oxygen atoms in total.